The number of aromatic hydroxyl groups is 1. The molecule has 0 radical (unpaired) electrons. The Morgan fingerprint density at radius 2 is 1.44 bits per heavy atom. The summed E-state index contributed by atoms with van der Waals surface area (Å²) in [6, 6.07) is 5.81. The van der Waals surface area contributed by atoms with E-state index in [1.165, 1.54) is 26.0 Å². The highest BCUT2D eigenvalue weighted by Gasteiger charge is 2.05. The van der Waals surface area contributed by atoms with E-state index in [0.717, 1.165) is 0 Å². The van der Waals surface area contributed by atoms with Crippen LogP contribution in [0.15, 0.2) is 24.3 Å². The fraction of sp³-hybridized carbons (Fsp3) is 0.182. The van der Waals surface area contributed by atoms with Gasteiger partial charge in [0.05, 0.1) is 0 Å². The van der Waals surface area contributed by atoms with Crippen LogP contribution in [0.2, 0.25) is 0 Å². The summed E-state index contributed by atoms with van der Waals surface area (Å²) in [5.41, 5.74) is -0.0671. The van der Waals surface area contributed by atoms with E-state index in [2.05, 4.69) is 0 Å². The summed E-state index contributed by atoms with van der Waals surface area (Å²) < 4.78 is 0. The van der Waals surface area contributed by atoms with Crippen molar-refractivity contribution < 1.29 is 24.6 Å². The van der Waals surface area contributed by atoms with Crippen LogP contribution in [0.1, 0.15) is 24.2 Å². The fourth-order valence-corrected chi connectivity index (χ4v) is 0.654. The van der Waals surface area contributed by atoms with E-state index in [-0.39, 0.29) is 22.9 Å². The van der Waals surface area contributed by atoms with Crippen molar-refractivity contribution in [2.45, 2.75) is 13.8 Å². The Labute approximate surface area is 92.3 Å². The number of ketones is 2. The van der Waals surface area contributed by atoms with Gasteiger partial charge in [-0.15, -0.1) is 0 Å². The van der Waals surface area contributed by atoms with Crippen molar-refractivity contribution in [3.63, 3.8) is 0 Å². The lowest BCUT2D eigenvalue weighted by atomic mass is 10.2. The van der Waals surface area contributed by atoms with Crippen LogP contribution in [-0.4, -0.2) is 27.7 Å². The molecule has 1 aromatic rings. The van der Waals surface area contributed by atoms with E-state index < -0.39 is 5.97 Å². The molecule has 0 aliphatic rings. The monoisotopic (exact) mass is 224 g/mol. The molecule has 1 rings (SSSR count). The quantitative estimate of drug-likeness (QED) is 0.737. The third-order valence-corrected chi connectivity index (χ3v) is 1.63. The van der Waals surface area contributed by atoms with Crippen molar-refractivity contribution in [3.05, 3.63) is 29.8 Å². The first kappa shape index (κ1) is 13.8. The molecule has 0 atom stereocenters. The van der Waals surface area contributed by atoms with Crippen LogP contribution in [0.3, 0.4) is 0 Å². The highest BCUT2D eigenvalue weighted by molar-refractivity contribution is 6.35. The predicted molar refractivity (Wildman–Crippen MR) is 56.4 cm³/mol. The SMILES string of the molecule is CC(=O)C(C)=O.O=C(O)c1ccccc1O. The van der Waals surface area contributed by atoms with Crippen LogP contribution in [0.5, 0.6) is 5.75 Å². The lowest BCUT2D eigenvalue weighted by molar-refractivity contribution is -0.134. The molecule has 0 aromatic heterocycles. The molecule has 5 nitrogen and oxygen atoms in total. The maximum atomic E-state index is 10.3. The number of carboxylic acid groups (broad SMARTS) is 1. The standard InChI is InChI=1S/C7H6O3.C4H6O2/c8-6-4-2-1-3-5(6)7(9)10;1-3(5)4(2)6/h1-4,8H,(H,9,10);1-2H3. The summed E-state index contributed by atoms with van der Waals surface area (Å²) in [6.07, 6.45) is 0. The van der Waals surface area contributed by atoms with Crippen LogP contribution in [0.4, 0.5) is 0 Å². The first-order valence-corrected chi connectivity index (χ1v) is 4.39. The minimum absolute atomic E-state index is 0.0671. The second kappa shape index (κ2) is 6.34. The molecule has 0 saturated heterocycles. The molecule has 0 unspecified atom stereocenters. The lowest BCUT2D eigenvalue weighted by Crippen LogP contribution is -2.01. The van der Waals surface area contributed by atoms with Gasteiger partial charge in [0.2, 0.25) is 0 Å². The number of hydrogen-bond acceptors (Lipinski definition) is 4. The molecule has 0 aliphatic heterocycles. The lowest BCUT2D eigenvalue weighted by Gasteiger charge is -1.95. The minimum Gasteiger partial charge on any atom is -0.507 e. The van der Waals surface area contributed by atoms with Gasteiger partial charge < -0.3 is 10.2 Å². The van der Waals surface area contributed by atoms with Crippen LogP contribution < -0.4 is 0 Å². The first-order chi connectivity index (χ1) is 7.36. The number of carboxylic acids is 1. The van der Waals surface area contributed by atoms with Gasteiger partial charge in [-0.05, 0) is 12.1 Å². The van der Waals surface area contributed by atoms with Crippen LogP contribution in [-0.2, 0) is 9.59 Å². The number of carbonyl (C=O) groups is 3. The summed E-state index contributed by atoms with van der Waals surface area (Å²) in [6.45, 7) is 2.50. The van der Waals surface area contributed by atoms with E-state index in [9.17, 15) is 14.4 Å². The summed E-state index contributed by atoms with van der Waals surface area (Å²) in [5.74, 6) is -2.07. The van der Waals surface area contributed by atoms with E-state index >= 15 is 0 Å². The molecule has 0 fully saturated rings. The zero-order valence-electron chi connectivity index (χ0n) is 8.93. The average molecular weight is 224 g/mol. The number of benzene rings is 1. The molecule has 1 aromatic carbocycles. The summed E-state index contributed by atoms with van der Waals surface area (Å²) in [5, 5.41) is 17.3. The van der Waals surface area contributed by atoms with E-state index in [1.807, 2.05) is 0 Å². The van der Waals surface area contributed by atoms with Gasteiger partial charge in [0.25, 0.3) is 0 Å². The van der Waals surface area contributed by atoms with Crippen molar-refractivity contribution in [2.75, 3.05) is 0 Å². The topological polar surface area (TPSA) is 91.7 Å². The predicted octanol–water partition coefficient (Wildman–Crippen LogP) is 1.25. The summed E-state index contributed by atoms with van der Waals surface area (Å²) in [7, 11) is 0. The zero-order chi connectivity index (χ0) is 12.7. The smallest absolute Gasteiger partial charge is 0.339 e. The zero-order valence-corrected chi connectivity index (χ0v) is 8.93. The summed E-state index contributed by atoms with van der Waals surface area (Å²) in [4.78, 5) is 29.8. The van der Waals surface area contributed by atoms with Gasteiger partial charge in [-0.1, -0.05) is 12.1 Å². The van der Waals surface area contributed by atoms with E-state index in [1.54, 1.807) is 12.1 Å². The molecule has 0 spiro atoms. The number of aromatic carboxylic acids is 1. The summed E-state index contributed by atoms with van der Waals surface area (Å²) >= 11 is 0. The number of hydrogen-bond donors (Lipinski definition) is 2. The van der Waals surface area contributed by atoms with E-state index in [4.69, 9.17) is 10.2 Å². The van der Waals surface area contributed by atoms with Gasteiger partial charge in [0.15, 0.2) is 11.6 Å². The third-order valence-electron chi connectivity index (χ3n) is 1.63. The van der Waals surface area contributed by atoms with Crippen LogP contribution in [0.25, 0.3) is 0 Å². The number of carbonyl (C=O) groups excluding carboxylic acids is 2. The normalized spacial score (nSPS) is 8.62. The Balaban J connectivity index is 0.000000325. The Morgan fingerprint density at radius 1 is 1.00 bits per heavy atom. The molecule has 0 saturated carbocycles. The van der Waals surface area contributed by atoms with Gasteiger partial charge >= 0.3 is 5.97 Å². The van der Waals surface area contributed by atoms with Crippen molar-refractivity contribution >= 4 is 17.5 Å². The maximum absolute atomic E-state index is 10.3. The van der Waals surface area contributed by atoms with Crippen molar-refractivity contribution in [1.29, 1.82) is 0 Å². The first-order valence-electron chi connectivity index (χ1n) is 4.39. The van der Waals surface area contributed by atoms with Gasteiger partial charge in [-0.25, -0.2) is 4.79 Å². The third kappa shape index (κ3) is 4.90. The molecule has 0 bridgehead atoms. The van der Waals surface area contributed by atoms with Gasteiger partial charge in [0, 0.05) is 13.8 Å². The number of phenols is 1. The Hall–Kier alpha value is -2.17. The molecule has 2 N–H and O–H groups in total. The molecular formula is C11H12O5. The van der Waals surface area contributed by atoms with Crippen LogP contribution >= 0.6 is 0 Å². The molecule has 0 aliphatic carbocycles. The highest BCUT2D eigenvalue weighted by Crippen LogP contribution is 2.14. The second-order valence-electron chi connectivity index (χ2n) is 2.93. The number of rotatable bonds is 2. The van der Waals surface area contributed by atoms with Gasteiger partial charge in [-0.2, -0.15) is 0 Å². The molecule has 86 valence electrons. The maximum Gasteiger partial charge on any atom is 0.339 e. The molecule has 16 heavy (non-hydrogen) atoms. The molecule has 5 heteroatoms. The van der Waals surface area contributed by atoms with Crippen molar-refractivity contribution in [3.8, 4) is 5.75 Å². The van der Waals surface area contributed by atoms with Gasteiger partial charge in [-0.3, -0.25) is 9.59 Å². The minimum atomic E-state index is -1.11. The molecule has 0 amide bonds. The number of Topliss-reactive ketones (excluding diaryl/α,β-unsaturated/α-hetero) is 2. The Kier molecular flexibility index (Phi) is 5.48. The molecular weight excluding hydrogens is 212 g/mol. The fourth-order valence-electron chi connectivity index (χ4n) is 0.654. The Bertz CT molecular complexity index is 397. The average Bonchev–Trinajstić information content (AvgIpc) is 2.18. The highest BCUT2D eigenvalue weighted by atomic mass is 16.4. The molecule has 0 heterocycles. The largest absolute Gasteiger partial charge is 0.507 e. The van der Waals surface area contributed by atoms with Crippen molar-refractivity contribution in [2.24, 2.45) is 0 Å². The van der Waals surface area contributed by atoms with Crippen molar-refractivity contribution in [1.82, 2.24) is 0 Å². The van der Waals surface area contributed by atoms with Gasteiger partial charge in [0.1, 0.15) is 11.3 Å². The van der Waals surface area contributed by atoms with Crippen LogP contribution in [0, 0.1) is 0 Å². The Morgan fingerprint density at radius 3 is 1.69 bits per heavy atom. The number of para-hydroxylation sites is 1. The second-order valence-corrected chi connectivity index (χ2v) is 2.93. The van der Waals surface area contributed by atoms with E-state index in [0.29, 0.717) is 0 Å².